The molecule has 150 valence electrons. The van der Waals surface area contributed by atoms with Crippen molar-refractivity contribution in [1.82, 2.24) is 14.9 Å². The Hall–Kier alpha value is -2.68. The van der Waals surface area contributed by atoms with Crippen LogP contribution in [0.4, 0.5) is 24.7 Å². The summed E-state index contributed by atoms with van der Waals surface area (Å²) in [6, 6.07) is 4.62. The number of halogens is 3. The van der Waals surface area contributed by atoms with Crippen LogP contribution in [0.25, 0.3) is 0 Å². The van der Waals surface area contributed by atoms with Crippen molar-refractivity contribution in [1.29, 1.82) is 0 Å². The summed E-state index contributed by atoms with van der Waals surface area (Å²) in [4.78, 5) is 24.8. The van der Waals surface area contributed by atoms with Gasteiger partial charge in [-0.1, -0.05) is 0 Å². The van der Waals surface area contributed by atoms with Gasteiger partial charge in [-0.3, -0.25) is 9.69 Å². The zero-order valence-electron chi connectivity index (χ0n) is 15.9. The lowest BCUT2D eigenvalue weighted by atomic mass is 10.1. The number of aryl methyl sites for hydroxylation is 1. The first-order valence-electron chi connectivity index (χ1n) is 8.85. The number of carbonyl (C=O) groups excluding carboxylic acids is 1. The Morgan fingerprint density at radius 2 is 1.86 bits per heavy atom. The number of nitrogens with zero attached hydrogens (tertiary/aromatic N) is 4. The summed E-state index contributed by atoms with van der Waals surface area (Å²) >= 11 is 0. The van der Waals surface area contributed by atoms with Gasteiger partial charge in [0.25, 0.3) is 0 Å². The maximum absolute atomic E-state index is 12.6. The van der Waals surface area contributed by atoms with E-state index in [2.05, 4.69) is 20.2 Å². The van der Waals surface area contributed by atoms with Crippen molar-refractivity contribution in [2.75, 3.05) is 36.9 Å². The maximum Gasteiger partial charge on any atom is 0.416 e. The second-order valence-corrected chi connectivity index (χ2v) is 7.00. The van der Waals surface area contributed by atoms with Crippen LogP contribution in [0.15, 0.2) is 30.6 Å². The molecule has 0 atom stereocenters. The topological polar surface area (TPSA) is 61.4 Å². The SMILES string of the molecule is Cc1ncnc(N2CC(N(C)CC(=O)Nc3ccc(C(F)(F)F)cc3)C2)c1C. The lowest BCUT2D eigenvalue weighted by Crippen LogP contribution is -2.60. The van der Waals surface area contributed by atoms with Crippen molar-refractivity contribution in [2.24, 2.45) is 0 Å². The van der Waals surface area contributed by atoms with E-state index in [1.807, 2.05) is 25.8 Å². The normalized spacial score (nSPS) is 14.9. The van der Waals surface area contributed by atoms with Crippen molar-refractivity contribution in [3.05, 3.63) is 47.4 Å². The summed E-state index contributed by atoms with van der Waals surface area (Å²) in [6.45, 7) is 5.58. The molecule has 0 radical (unpaired) electrons. The van der Waals surface area contributed by atoms with Gasteiger partial charge in [0.2, 0.25) is 5.91 Å². The fourth-order valence-corrected chi connectivity index (χ4v) is 3.05. The van der Waals surface area contributed by atoms with E-state index in [-0.39, 0.29) is 18.5 Å². The highest BCUT2D eigenvalue weighted by Gasteiger charge is 2.33. The quantitative estimate of drug-likeness (QED) is 0.847. The number of likely N-dealkylation sites (N-methyl/N-ethyl adjacent to an activating group) is 1. The van der Waals surface area contributed by atoms with Crippen LogP contribution in [0.5, 0.6) is 0 Å². The molecule has 1 aromatic heterocycles. The minimum Gasteiger partial charge on any atom is -0.353 e. The molecule has 2 aromatic rings. The van der Waals surface area contributed by atoms with Crippen molar-refractivity contribution in [2.45, 2.75) is 26.1 Å². The number of hydrogen-bond acceptors (Lipinski definition) is 5. The van der Waals surface area contributed by atoms with Gasteiger partial charge in [-0.25, -0.2) is 9.97 Å². The van der Waals surface area contributed by atoms with Crippen LogP contribution in [0.2, 0.25) is 0 Å². The first kappa shape index (κ1) is 20.1. The number of hydrogen-bond donors (Lipinski definition) is 1. The predicted molar refractivity (Wildman–Crippen MR) is 100 cm³/mol. The van der Waals surface area contributed by atoms with E-state index < -0.39 is 11.7 Å². The molecule has 1 aliphatic rings. The van der Waals surface area contributed by atoms with Crippen LogP contribution >= 0.6 is 0 Å². The fraction of sp³-hybridized carbons (Fsp3) is 0.421. The number of nitrogens with one attached hydrogen (secondary N) is 1. The van der Waals surface area contributed by atoms with Gasteiger partial charge in [0.05, 0.1) is 12.1 Å². The molecule has 0 bridgehead atoms. The van der Waals surface area contributed by atoms with E-state index in [9.17, 15) is 18.0 Å². The molecule has 0 aliphatic carbocycles. The summed E-state index contributed by atoms with van der Waals surface area (Å²) in [5.74, 6) is 0.640. The Balaban J connectivity index is 1.50. The van der Waals surface area contributed by atoms with Crippen LogP contribution in [0, 0.1) is 13.8 Å². The molecule has 1 aromatic carbocycles. The molecular formula is C19H22F3N5O. The van der Waals surface area contributed by atoms with E-state index >= 15 is 0 Å². The van der Waals surface area contributed by atoms with Crippen LogP contribution in [-0.4, -0.2) is 53.5 Å². The monoisotopic (exact) mass is 393 g/mol. The van der Waals surface area contributed by atoms with Gasteiger partial charge in [0, 0.05) is 36.1 Å². The van der Waals surface area contributed by atoms with Gasteiger partial charge < -0.3 is 10.2 Å². The minimum atomic E-state index is -4.39. The van der Waals surface area contributed by atoms with Gasteiger partial charge in [0.15, 0.2) is 0 Å². The molecule has 1 saturated heterocycles. The third-order valence-electron chi connectivity index (χ3n) is 4.98. The van der Waals surface area contributed by atoms with Crippen LogP contribution < -0.4 is 10.2 Å². The first-order chi connectivity index (χ1) is 13.1. The van der Waals surface area contributed by atoms with E-state index in [1.165, 1.54) is 12.1 Å². The Bertz CT molecular complexity index is 848. The average molecular weight is 393 g/mol. The highest BCUT2D eigenvalue weighted by atomic mass is 19.4. The molecule has 0 spiro atoms. The second kappa shape index (κ2) is 7.75. The fourth-order valence-electron chi connectivity index (χ4n) is 3.05. The van der Waals surface area contributed by atoms with Gasteiger partial charge in [-0.05, 0) is 45.2 Å². The van der Waals surface area contributed by atoms with Gasteiger partial charge in [-0.15, -0.1) is 0 Å². The Labute approximate surface area is 161 Å². The lowest BCUT2D eigenvalue weighted by Gasteiger charge is -2.45. The second-order valence-electron chi connectivity index (χ2n) is 7.00. The van der Waals surface area contributed by atoms with Crippen LogP contribution in [0.1, 0.15) is 16.8 Å². The van der Waals surface area contributed by atoms with E-state index in [0.29, 0.717) is 5.69 Å². The first-order valence-corrected chi connectivity index (χ1v) is 8.85. The number of amides is 1. The Kier molecular flexibility index (Phi) is 5.55. The zero-order valence-corrected chi connectivity index (χ0v) is 15.9. The summed E-state index contributed by atoms with van der Waals surface area (Å²) in [5, 5.41) is 2.63. The molecular weight excluding hydrogens is 371 g/mol. The molecule has 0 unspecified atom stereocenters. The highest BCUT2D eigenvalue weighted by molar-refractivity contribution is 5.92. The molecule has 6 nitrogen and oxygen atoms in total. The Morgan fingerprint density at radius 1 is 1.21 bits per heavy atom. The Morgan fingerprint density at radius 3 is 2.46 bits per heavy atom. The third kappa shape index (κ3) is 4.41. The molecule has 2 heterocycles. The van der Waals surface area contributed by atoms with E-state index in [1.54, 1.807) is 6.33 Å². The average Bonchev–Trinajstić information content (AvgIpc) is 2.57. The minimum absolute atomic E-state index is 0.154. The summed E-state index contributed by atoms with van der Waals surface area (Å²) in [7, 11) is 1.85. The number of carbonyl (C=O) groups is 1. The summed E-state index contributed by atoms with van der Waals surface area (Å²) in [5.41, 5.74) is 1.59. The van der Waals surface area contributed by atoms with Crippen molar-refractivity contribution < 1.29 is 18.0 Å². The van der Waals surface area contributed by atoms with Gasteiger partial charge >= 0.3 is 6.18 Å². The van der Waals surface area contributed by atoms with E-state index in [4.69, 9.17) is 0 Å². The zero-order chi connectivity index (χ0) is 20.5. The smallest absolute Gasteiger partial charge is 0.353 e. The van der Waals surface area contributed by atoms with Gasteiger partial charge in [0.1, 0.15) is 12.1 Å². The predicted octanol–water partition coefficient (Wildman–Crippen LogP) is 2.87. The highest BCUT2D eigenvalue weighted by Crippen LogP contribution is 2.30. The van der Waals surface area contributed by atoms with Crippen molar-refractivity contribution >= 4 is 17.4 Å². The molecule has 1 amide bonds. The summed E-state index contributed by atoms with van der Waals surface area (Å²) in [6.07, 6.45) is -2.84. The van der Waals surface area contributed by atoms with Crippen LogP contribution in [0.3, 0.4) is 0 Å². The van der Waals surface area contributed by atoms with Crippen LogP contribution in [-0.2, 0) is 11.0 Å². The standard InChI is InChI=1S/C19H22F3N5O/c1-12-13(2)23-11-24-18(12)27-8-16(9-27)26(3)10-17(28)25-15-6-4-14(5-7-15)19(20,21)22/h4-7,11,16H,8-10H2,1-3H3,(H,25,28). The largest absolute Gasteiger partial charge is 0.416 e. The number of alkyl halides is 3. The summed E-state index contributed by atoms with van der Waals surface area (Å²) < 4.78 is 37.8. The number of anilines is 2. The van der Waals surface area contributed by atoms with Gasteiger partial charge in [-0.2, -0.15) is 13.2 Å². The molecule has 9 heteroatoms. The molecule has 1 N–H and O–H groups in total. The molecule has 28 heavy (non-hydrogen) atoms. The molecule has 1 fully saturated rings. The maximum atomic E-state index is 12.6. The van der Waals surface area contributed by atoms with E-state index in [0.717, 1.165) is 42.3 Å². The molecule has 1 aliphatic heterocycles. The number of aromatic nitrogens is 2. The lowest BCUT2D eigenvalue weighted by molar-refractivity contribution is -0.137. The molecule has 3 rings (SSSR count). The third-order valence-corrected chi connectivity index (χ3v) is 4.98. The number of benzene rings is 1. The number of rotatable bonds is 5. The molecule has 0 saturated carbocycles. The van der Waals surface area contributed by atoms with Crippen molar-refractivity contribution in [3.8, 4) is 0 Å². The van der Waals surface area contributed by atoms with Crippen molar-refractivity contribution in [3.63, 3.8) is 0 Å².